The van der Waals surface area contributed by atoms with Crippen LogP contribution in [0.4, 0.5) is 5.69 Å². The second-order valence-electron chi connectivity index (χ2n) is 8.50. The Kier molecular flexibility index (Phi) is 16.8. The first-order chi connectivity index (χ1) is 15.9. The van der Waals surface area contributed by atoms with E-state index < -0.39 is 0 Å². The minimum atomic E-state index is 0.370. The number of amidine groups is 1. The molecule has 1 unspecified atom stereocenters. The lowest BCUT2D eigenvalue weighted by molar-refractivity contribution is 0.392. The molecule has 0 saturated heterocycles. The zero-order chi connectivity index (χ0) is 25.2. The number of aliphatic imine (C=N–C) groups is 1. The molecule has 1 aromatic carbocycles. The van der Waals surface area contributed by atoms with E-state index in [1.807, 2.05) is 43.9 Å². The molecule has 1 aliphatic carbocycles. The first kappa shape index (κ1) is 30.6. The predicted octanol–water partition coefficient (Wildman–Crippen LogP) is 7.42. The summed E-state index contributed by atoms with van der Waals surface area (Å²) in [7, 11) is 6.51. The minimum absolute atomic E-state index is 0.370. The van der Waals surface area contributed by atoms with Gasteiger partial charge in [0.25, 0.3) is 0 Å². The van der Waals surface area contributed by atoms with Gasteiger partial charge in [0.2, 0.25) is 0 Å². The van der Waals surface area contributed by atoms with Crippen molar-refractivity contribution in [3.63, 3.8) is 0 Å². The molecular formula is C28H45N4P. The van der Waals surface area contributed by atoms with Gasteiger partial charge >= 0.3 is 0 Å². The molecule has 182 valence electrons. The van der Waals surface area contributed by atoms with Crippen molar-refractivity contribution >= 4 is 20.9 Å². The third-order valence-corrected chi connectivity index (χ3v) is 5.57. The molecule has 5 heteroatoms. The van der Waals surface area contributed by atoms with Crippen molar-refractivity contribution in [3.8, 4) is 6.07 Å². The fourth-order valence-electron chi connectivity index (χ4n) is 2.89. The highest BCUT2D eigenvalue weighted by Crippen LogP contribution is 2.31. The molecule has 0 spiro atoms. The van der Waals surface area contributed by atoms with Crippen molar-refractivity contribution in [2.45, 2.75) is 59.9 Å². The number of rotatable bonds is 9. The maximum atomic E-state index is 9.23. The van der Waals surface area contributed by atoms with Gasteiger partial charge in [0.05, 0.1) is 12.5 Å². The van der Waals surface area contributed by atoms with Gasteiger partial charge < -0.3 is 9.57 Å². The van der Waals surface area contributed by atoms with Crippen molar-refractivity contribution in [3.05, 3.63) is 66.8 Å². The first-order valence-electron chi connectivity index (χ1n) is 11.8. The fraction of sp³-hybridized carbons (Fsp3) is 0.500. The number of hydrogen-bond acceptors (Lipinski definition) is 3. The summed E-state index contributed by atoms with van der Waals surface area (Å²) in [5.41, 5.74) is 3.40. The van der Waals surface area contributed by atoms with E-state index in [1.54, 1.807) is 0 Å². The Bertz CT molecular complexity index is 781. The number of allylic oxidation sites excluding steroid dienone is 3. The largest absolute Gasteiger partial charge is 0.359 e. The van der Waals surface area contributed by atoms with Gasteiger partial charge in [-0.3, -0.25) is 4.99 Å². The Labute approximate surface area is 206 Å². The van der Waals surface area contributed by atoms with E-state index in [-0.39, 0.29) is 0 Å². The topological polar surface area (TPSA) is 42.6 Å². The van der Waals surface area contributed by atoms with Crippen molar-refractivity contribution in [1.82, 2.24) is 4.90 Å². The molecule has 1 aromatic rings. The molecule has 0 bridgehead atoms. The summed E-state index contributed by atoms with van der Waals surface area (Å²) in [6.07, 6.45) is 10.2. The number of benzene rings is 1. The molecule has 0 N–H and O–H groups in total. The van der Waals surface area contributed by atoms with Crippen LogP contribution < -0.4 is 4.67 Å². The van der Waals surface area contributed by atoms with Crippen molar-refractivity contribution in [2.75, 3.05) is 25.3 Å². The van der Waals surface area contributed by atoms with Crippen LogP contribution in [0, 0.1) is 23.2 Å². The van der Waals surface area contributed by atoms with Crippen LogP contribution in [0.15, 0.2) is 66.2 Å². The Morgan fingerprint density at radius 1 is 1.27 bits per heavy atom. The van der Waals surface area contributed by atoms with E-state index in [0.29, 0.717) is 6.42 Å². The average Bonchev–Trinajstić information content (AvgIpc) is 3.64. The molecule has 1 saturated carbocycles. The predicted molar refractivity (Wildman–Crippen MR) is 151 cm³/mol. The maximum Gasteiger partial charge on any atom is 0.127 e. The van der Waals surface area contributed by atoms with Gasteiger partial charge in [0, 0.05) is 38.4 Å². The lowest BCUT2D eigenvalue weighted by atomic mass is 10.1. The van der Waals surface area contributed by atoms with E-state index in [9.17, 15) is 5.26 Å². The van der Waals surface area contributed by atoms with Crippen LogP contribution >= 0.6 is 9.39 Å². The van der Waals surface area contributed by atoms with Crippen LogP contribution in [0.2, 0.25) is 0 Å². The summed E-state index contributed by atoms with van der Waals surface area (Å²) in [5.74, 6) is 2.56. The number of hydrogen-bond donors (Lipinski definition) is 0. The summed E-state index contributed by atoms with van der Waals surface area (Å²) >= 11 is 0. The Balaban J connectivity index is 0.00000129. The van der Waals surface area contributed by atoms with E-state index >= 15 is 0 Å². The van der Waals surface area contributed by atoms with Crippen LogP contribution in [0.25, 0.3) is 0 Å². The van der Waals surface area contributed by atoms with Gasteiger partial charge in [-0.25, -0.2) is 0 Å². The smallest absolute Gasteiger partial charge is 0.127 e. The van der Waals surface area contributed by atoms with Gasteiger partial charge in [-0.15, -0.1) is 13.2 Å². The Hall–Kier alpha value is -2.37. The zero-order valence-corrected chi connectivity index (χ0v) is 22.9. The van der Waals surface area contributed by atoms with Crippen LogP contribution in [-0.4, -0.2) is 31.4 Å². The van der Waals surface area contributed by atoms with Gasteiger partial charge in [0.15, 0.2) is 0 Å². The second kappa shape index (κ2) is 18.1. The summed E-state index contributed by atoms with van der Waals surface area (Å²) < 4.78 is 2.02. The van der Waals surface area contributed by atoms with Crippen LogP contribution in [0.5, 0.6) is 0 Å². The summed E-state index contributed by atoms with van der Waals surface area (Å²) in [6.45, 7) is 16.4. The Morgan fingerprint density at radius 3 is 2.24 bits per heavy atom. The van der Waals surface area contributed by atoms with E-state index in [1.165, 1.54) is 24.8 Å². The van der Waals surface area contributed by atoms with Crippen molar-refractivity contribution < 1.29 is 0 Å². The lowest BCUT2D eigenvalue weighted by Gasteiger charge is -2.27. The molecule has 4 nitrogen and oxygen atoms in total. The van der Waals surface area contributed by atoms with E-state index in [0.717, 1.165) is 42.0 Å². The summed E-state index contributed by atoms with van der Waals surface area (Å²) in [6, 6.07) is 10.9. The molecule has 1 aliphatic rings. The number of anilines is 1. The second-order valence-corrected chi connectivity index (χ2v) is 9.28. The molecule has 0 amide bonds. The van der Waals surface area contributed by atoms with Crippen LogP contribution in [0.3, 0.4) is 0 Å². The van der Waals surface area contributed by atoms with Gasteiger partial charge in [-0.2, -0.15) is 5.26 Å². The molecule has 2 rings (SSSR count). The summed E-state index contributed by atoms with van der Waals surface area (Å²) in [4.78, 5) is 6.90. The molecule has 0 heterocycles. The molecule has 0 aromatic heterocycles. The van der Waals surface area contributed by atoms with Crippen LogP contribution in [-0.2, 0) is 6.54 Å². The highest BCUT2D eigenvalue weighted by atomic mass is 31.0. The average molecular weight is 469 g/mol. The standard InChI is InChI=1S/C21H29N4P.C5H12.C2H4/c1-4-5-6-19(13-14-22)21(23-2)25(15-17-7-8-17)16-18-9-11-20(12-10-18)24(3)26;1-4-5(2)3;1-2/h4-6,9-12,17H,7-8,13,15-16,26H2,1-3H3;5H,4H2,1-3H3;1-2H2/b5-4+,19-6-,23-21?;;. The summed E-state index contributed by atoms with van der Waals surface area (Å²) in [5, 5.41) is 9.23. The van der Waals surface area contributed by atoms with Gasteiger partial charge in [-0.05, 0) is 58.7 Å². The van der Waals surface area contributed by atoms with Crippen molar-refractivity contribution in [2.24, 2.45) is 16.8 Å². The van der Waals surface area contributed by atoms with Crippen molar-refractivity contribution in [1.29, 1.82) is 5.26 Å². The molecule has 0 radical (unpaired) electrons. The third-order valence-electron chi connectivity index (χ3n) is 5.27. The fourth-order valence-corrected chi connectivity index (χ4v) is 3.07. The van der Waals surface area contributed by atoms with Crippen LogP contribution in [0.1, 0.15) is 58.9 Å². The molecule has 33 heavy (non-hydrogen) atoms. The SMILES string of the molecule is C/C=C/C=C(/CC#N)C(=NC)N(Cc1ccc(N(C)P)cc1)CC1CC1.C=C.CCC(C)C. The van der Waals surface area contributed by atoms with E-state index in [4.69, 9.17) is 0 Å². The first-order valence-corrected chi connectivity index (χ1v) is 12.4. The van der Waals surface area contributed by atoms with Gasteiger partial charge in [-0.1, -0.05) is 57.6 Å². The molecular weight excluding hydrogens is 423 g/mol. The number of nitrogens with zero attached hydrogens (tertiary/aromatic N) is 4. The minimum Gasteiger partial charge on any atom is -0.359 e. The monoisotopic (exact) mass is 468 g/mol. The molecule has 0 aliphatic heterocycles. The lowest BCUT2D eigenvalue weighted by Crippen LogP contribution is -2.33. The normalized spacial score (nSPS) is 13.5. The quantitative estimate of drug-likeness (QED) is 0.124. The zero-order valence-electron chi connectivity index (χ0n) is 21.7. The maximum absolute atomic E-state index is 9.23. The molecule has 1 atom stereocenters. The highest BCUT2D eigenvalue weighted by molar-refractivity contribution is 7.19. The van der Waals surface area contributed by atoms with E-state index in [2.05, 4.69) is 83.5 Å². The third kappa shape index (κ3) is 13.1. The highest BCUT2D eigenvalue weighted by Gasteiger charge is 2.27. The van der Waals surface area contributed by atoms with Gasteiger partial charge in [0.1, 0.15) is 5.84 Å². The Morgan fingerprint density at radius 2 is 1.85 bits per heavy atom. The molecule has 1 fully saturated rings. The number of nitriles is 1.